The first kappa shape index (κ1) is 83.7. The van der Waals surface area contributed by atoms with Crippen LogP contribution >= 0.6 is 11.3 Å². The quantitative estimate of drug-likeness (QED) is 0.0134. The highest BCUT2D eigenvalue weighted by molar-refractivity contribution is 7.22. The van der Waals surface area contributed by atoms with Crippen LogP contribution in [0.4, 0.5) is 26.2 Å². The van der Waals surface area contributed by atoms with Gasteiger partial charge in [-0.05, 0) is 177 Å². The highest BCUT2D eigenvalue weighted by atomic mass is 32.1. The van der Waals surface area contributed by atoms with Crippen LogP contribution in [0.15, 0.2) is 121 Å². The van der Waals surface area contributed by atoms with Crippen LogP contribution in [0, 0.1) is 29.1 Å². The van der Waals surface area contributed by atoms with Crippen molar-refractivity contribution in [3.8, 4) is 16.9 Å². The van der Waals surface area contributed by atoms with Gasteiger partial charge in [0.05, 0.1) is 28.6 Å². The number of hydrogen-bond donors (Lipinski definition) is 11. The van der Waals surface area contributed by atoms with Crippen LogP contribution in [0.25, 0.3) is 21.3 Å². The van der Waals surface area contributed by atoms with Gasteiger partial charge in [0, 0.05) is 92.5 Å². The first-order chi connectivity index (χ1) is 55.8. The molecule has 12 N–H and O–H groups in total. The van der Waals surface area contributed by atoms with Crippen molar-refractivity contribution in [1.82, 2.24) is 45.5 Å². The number of pyridine rings is 1. The summed E-state index contributed by atoms with van der Waals surface area (Å²) in [6, 6.07) is 26.8. The fourth-order valence-corrected chi connectivity index (χ4v) is 19.4. The average Bonchev–Trinajstić information content (AvgIpc) is 1.69. The number of unbranched alkanes of at least 4 members (excludes halogenated alkanes) is 2. The van der Waals surface area contributed by atoms with Crippen LogP contribution in [-0.4, -0.2) is 196 Å². The summed E-state index contributed by atoms with van der Waals surface area (Å²) >= 11 is 1.39. The molecule has 2 unspecified atom stereocenters. The molecule has 5 fully saturated rings. The Kier molecular flexibility index (Phi) is 25.3. The number of carbonyl (C=O) groups excluding carboxylic acids is 8. The maximum absolute atomic E-state index is 14.6. The number of nitrogens with one attached hydrogen (secondary N) is 5. The van der Waals surface area contributed by atoms with E-state index in [0.717, 1.165) is 64.0 Å². The number of primary amides is 1. The predicted octanol–water partition coefficient (Wildman–Crippen LogP) is 8.12. The van der Waals surface area contributed by atoms with Gasteiger partial charge < -0.3 is 81.3 Å². The molecule has 3 aromatic heterocycles. The third-order valence-corrected chi connectivity index (χ3v) is 23.9. The maximum atomic E-state index is 14.6. The Hall–Kier alpha value is -11.2. The number of imide groups is 1. The van der Waals surface area contributed by atoms with E-state index >= 15 is 0 Å². The number of carboxylic acids is 2. The van der Waals surface area contributed by atoms with Gasteiger partial charge in [0.2, 0.25) is 24.0 Å². The molecule has 620 valence electrons. The minimum atomic E-state index is -1.93. The number of aromatic carboxylic acids is 1. The SMILES string of the molecule is Cc1c(-c2ccc(N3CCc4cccc(C(=O)Nc5nc6ccccc6s5)c4C3)nc2C(=O)O)cnn1CC12CC3(C)CC(C)(C1)CC(OCCN(Cc1ccc(O[C@H]4O[C@H](C(=O)O)[C@@H](O)[C@H](O)[C@H]4O)cc1)C(=O)OCc1ccc(NC(=O)[C@H](CCCNC(N)=O)NC(=O)[C@@H](NC(=O)CCCCCN4C(=O)C=CC4=O)C(C)C)cc1)(C3)C2. The molecule has 7 aliphatic rings. The third-order valence-electron chi connectivity index (χ3n) is 23.0. The van der Waals surface area contributed by atoms with Gasteiger partial charge in [-0.2, -0.15) is 5.10 Å². The number of anilines is 3. The number of nitrogens with zero attached hydrogens (tertiary/aromatic N) is 7. The molecule has 1 saturated heterocycles. The molecule has 32 nitrogen and oxygen atoms in total. The lowest BCUT2D eigenvalue weighted by Gasteiger charge is -2.69. The van der Waals surface area contributed by atoms with Crippen molar-refractivity contribution >= 4 is 97.7 Å². The topological polar surface area (TPSA) is 448 Å². The number of aromatic nitrogens is 4. The van der Waals surface area contributed by atoms with Gasteiger partial charge in [0.25, 0.3) is 17.7 Å². The number of fused-ring (bicyclic) bond motifs is 2. The smallest absolute Gasteiger partial charge is 0.410 e. The summed E-state index contributed by atoms with van der Waals surface area (Å²) in [6.45, 7) is 11.7. The second-order valence-electron chi connectivity index (χ2n) is 32.9. The third kappa shape index (κ3) is 19.6. The Morgan fingerprint density at radius 3 is 2.19 bits per heavy atom. The molecule has 14 rings (SSSR count). The largest absolute Gasteiger partial charge is 0.479 e. The number of nitrogens with two attached hydrogens (primary N) is 1. The molecule has 9 amide bonds. The fourth-order valence-electron chi connectivity index (χ4n) is 18.6. The number of amides is 9. The molecule has 4 saturated carbocycles. The predicted molar refractivity (Wildman–Crippen MR) is 428 cm³/mol. The molecule has 0 spiro atoms. The Morgan fingerprint density at radius 2 is 1.49 bits per heavy atom. The fraction of sp³-hybridized carbons (Fsp3) is 0.464. The van der Waals surface area contributed by atoms with Crippen LogP contribution in [0.2, 0.25) is 0 Å². The van der Waals surface area contributed by atoms with E-state index in [4.69, 9.17) is 34.8 Å². The van der Waals surface area contributed by atoms with E-state index in [0.29, 0.717) is 96.2 Å². The molecule has 33 heteroatoms. The van der Waals surface area contributed by atoms with Gasteiger partial charge in [0.1, 0.15) is 48.6 Å². The van der Waals surface area contributed by atoms with Crippen molar-refractivity contribution in [2.45, 2.75) is 193 Å². The molecule has 4 aromatic carbocycles. The minimum absolute atomic E-state index is 0.00836. The Bertz CT molecular complexity index is 4890. The number of aliphatic hydroxyl groups excluding tert-OH is 3. The summed E-state index contributed by atoms with van der Waals surface area (Å²) in [6.07, 6.45) is 1.67. The second-order valence-corrected chi connectivity index (χ2v) is 33.9. The lowest BCUT2D eigenvalue weighted by molar-refractivity contribution is -0.271. The van der Waals surface area contributed by atoms with Gasteiger partial charge in [-0.15, -0.1) is 0 Å². The Balaban J connectivity index is 0.668. The Labute approximate surface area is 678 Å². The number of ether oxygens (including phenoxy) is 4. The van der Waals surface area contributed by atoms with Crippen molar-refractivity contribution in [3.05, 3.63) is 161 Å². The minimum Gasteiger partial charge on any atom is -0.479 e. The first-order valence-corrected chi connectivity index (χ1v) is 40.3. The normalized spacial score (nSPS) is 23.6. The second kappa shape index (κ2) is 35.3. The van der Waals surface area contributed by atoms with Crippen molar-refractivity contribution < 1.29 is 92.4 Å². The summed E-state index contributed by atoms with van der Waals surface area (Å²) < 4.78 is 27.3. The molecule has 9 atom stereocenters. The maximum Gasteiger partial charge on any atom is 0.410 e. The molecular weight excluding hydrogens is 1530 g/mol. The highest BCUT2D eigenvalue weighted by Crippen LogP contribution is 2.72. The number of carbonyl (C=O) groups is 10. The first-order valence-electron chi connectivity index (χ1n) is 39.4. The molecule has 4 bridgehead atoms. The molecule has 3 aliphatic heterocycles. The number of benzene rings is 4. The van der Waals surface area contributed by atoms with Crippen LogP contribution in [0.3, 0.4) is 0 Å². The zero-order valence-electron chi connectivity index (χ0n) is 65.8. The van der Waals surface area contributed by atoms with Crippen LogP contribution in [0.1, 0.15) is 154 Å². The number of carboxylic acid groups (broad SMARTS) is 2. The standard InChI is InChI=1S/C84H99N13O19S/c1-48(2)66(92-63(98)18-7-6-10-33-96-64(99)29-30-65(96)100)74(106)89-60(16-12-32-86-78(85)111)73(105)88-53-23-19-51(20-24-53)40-113-80(112)95(38-50-21-25-54(26-22-50)115-77-70(103)68(101)69(102)71(116-77)76(109)110)35-36-114-84-44-81(4)41-82(5,45-84)43-83(42-81,46-84)47-97-49(3)57(37-87-97)55-27-28-62(91-67(55)75(107)108)94-34-31-52-13-11-14-56(58(52)39-94)72(104)93-79-90-59-15-8-9-17-61(59)117-79/h8-9,11,13-15,17,19-30,37,48,60,66,68-71,77,101-103H,6-7,10,12,16,18,31-36,38-47H2,1-5H3,(H,88,105)(H,89,106)(H,92,98)(H,107,108)(H,109,110)(H3,85,86,111)(H,90,93,104)/t60-,66-,68-,69-,70+,71-,77-,81?,82?,83?,84?/m0/s1. The summed E-state index contributed by atoms with van der Waals surface area (Å²) in [4.78, 5) is 144. The summed E-state index contributed by atoms with van der Waals surface area (Å²) in [5.41, 5.74) is 10.4. The highest BCUT2D eigenvalue weighted by Gasteiger charge is 2.66. The zero-order valence-corrected chi connectivity index (χ0v) is 66.6. The van der Waals surface area contributed by atoms with Gasteiger partial charge in [-0.3, -0.25) is 43.7 Å². The monoisotopic (exact) mass is 1630 g/mol. The number of urea groups is 1. The van der Waals surface area contributed by atoms with E-state index in [1.165, 1.54) is 40.5 Å². The van der Waals surface area contributed by atoms with Crippen LogP contribution in [0.5, 0.6) is 5.75 Å². The van der Waals surface area contributed by atoms with E-state index < -0.39 is 96.1 Å². The lowest BCUT2D eigenvalue weighted by atomic mass is 9.39. The molecule has 7 aromatic rings. The van der Waals surface area contributed by atoms with E-state index in [2.05, 4.69) is 45.4 Å². The van der Waals surface area contributed by atoms with Crippen molar-refractivity contribution in [2.75, 3.05) is 48.3 Å². The zero-order chi connectivity index (χ0) is 83.3. The number of aliphatic carboxylic acids is 1. The van der Waals surface area contributed by atoms with Crippen LogP contribution in [-0.2, 0) is 75.6 Å². The number of thiazole rings is 1. The number of para-hydroxylation sites is 1. The molecule has 117 heavy (non-hydrogen) atoms. The van der Waals surface area contributed by atoms with Gasteiger partial charge >= 0.3 is 24.1 Å². The van der Waals surface area contributed by atoms with E-state index in [9.17, 15) is 73.5 Å². The molecule has 6 heterocycles. The average molecular weight is 1630 g/mol. The van der Waals surface area contributed by atoms with E-state index in [1.807, 2.05) is 59.0 Å². The van der Waals surface area contributed by atoms with E-state index in [-0.39, 0.29) is 104 Å². The van der Waals surface area contributed by atoms with Crippen molar-refractivity contribution in [3.63, 3.8) is 0 Å². The summed E-state index contributed by atoms with van der Waals surface area (Å²) in [5.74, 6) is -5.28. The van der Waals surface area contributed by atoms with Crippen LogP contribution < -0.4 is 42.0 Å². The lowest BCUT2D eigenvalue weighted by Crippen LogP contribution is -2.64. The molecule has 4 aliphatic carbocycles. The van der Waals surface area contributed by atoms with Gasteiger partial charge in [0.15, 0.2) is 16.9 Å². The molecular formula is C84H99N13O19S. The van der Waals surface area contributed by atoms with Gasteiger partial charge in [-0.1, -0.05) is 94.0 Å². The van der Waals surface area contributed by atoms with Crippen molar-refractivity contribution in [1.29, 1.82) is 0 Å². The summed E-state index contributed by atoms with van der Waals surface area (Å²) in [7, 11) is 0. The van der Waals surface area contributed by atoms with E-state index in [1.54, 1.807) is 68.6 Å². The van der Waals surface area contributed by atoms with Gasteiger partial charge in [-0.25, -0.2) is 29.1 Å². The number of aliphatic hydroxyl groups is 3. The number of rotatable bonds is 34. The van der Waals surface area contributed by atoms with Crippen molar-refractivity contribution in [2.24, 2.45) is 27.9 Å². The Morgan fingerprint density at radius 1 is 0.761 bits per heavy atom. The summed E-state index contributed by atoms with van der Waals surface area (Å²) in [5, 5.41) is 71.3. The number of hydrogen-bond acceptors (Lipinski definition) is 22. The molecule has 0 radical (unpaired) electrons.